The molecule has 3 heteroatoms. The summed E-state index contributed by atoms with van der Waals surface area (Å²) in [6.07, 6.45) is 3.41. The number of benzene rings is 1. The molecule has 2 nitrogen and oxygen atoms in total. The van der Waals surface area contributed by atoms with E-state index in [2.05, 4.69) is 18.3 Å². The number of fused-ring (bicyclic) bond motifs is 2. The van der Waals surface area contributed by atoms with Gasteiger partial charge in [-0.15, -0.1) is 0 Å². The van der Waals surface area contributed by atoms with Crippen molar-refractivity contribution in [3.05, 3.63) is 34.5 Å². The van der Waals surface area contributed by atoms with Gasteiger partial charge in [0, 0.05) is 23.3 Å². The van der Waals surface area contributed by atoms with Crippen LogP contribution in [0.5, 0.6) is 0 Å². The van der Waals surface area contributed by atoms with Crippen LogP contribution >= 0.6 is 11.6 Å². The predicted molar refractivity (Wildman–Crippen MR) is 72.9 cm³/mol. The number of rotatable bonds is 2. The number of anilines is 1. The average molecular weight is 247 g/mol. The Morgan fingerprint density at radius 1 is 1.35 bits per heavy atom. The second-order valence-electron chi connectivity index (χ2n) is 4.43. The third-order valence-corrected chi connectivity index (χ3v) is 3.65. The van der Waals surface area contributed by atoms with Crippen molar-refractivity contribution < 1.29 is 0 Å². The van der Waals surface area contributed by atoms with E-state index in [1.165, 1.54) is 23.4 Å². The molecule has 0 atom stereocenters. The summed E-state index contributed by atoms with van der Waals surface area (Å²) in [5.41, 5.74) is 4.79. The number of hydrogen-bond acceptors (Lipinski definition) is 2. The molecule has 0 bridgehead atoms. The fourth-order valence-corrected chi connectivity index (χ4v) is 2.84. The summed E-state index contributed by atoms with van der Waals surface area (Å²) in [5.74, 6) is 0. The molecule has 3 rings (SSSR count). The zero-order valence-electron chi connectivity index (χ0n) is 9.89. The molecule has 17 heavy (non-hydrogen) atoms. The van der Waals surface area contributed by atoms with Crippen molar-refractivity contribution in [1.82, 2.24) is 4.98 Å². The molecule has 0 fully saturated rings. The molecule has 2 aromatic rings. The molecule has 88 valence electrons. The van der Waals surface area contributed by atoms with E-state index in [1.807, 2.05) is 12.1 Å². The maximum absolute atomic E-state index is 6.24. The van der Waals surface area contributed by atoms with Crippen LogP contribution in [0.15, 0.2) is 18.2 Å². The largest absolute Gasteiger partial charge is 0.384 e. The fourth-order valence-electron chi connectivity index (χ4n) is 2.63. The summed E-state index contributed by atoms with van der Waals surface area (Å²) in [6, 6.07) is 6.01. The Kier molecular flexibility index (Phi) is 2.67. The second-order valence-corrected chi connectivity index (χ2v) is 4.84. The second kappa shape index (κ2) is 4.19. The minimum Gasteiger partial charge on any atom is -0.384 e. The van der Waals surface area contributed by atoms with Gasteiger partial charge in [-0.05, 0) is 37.8 Å². The smallest absolute Gasteiger partial charge is 0.0912 e. The van der Waals surface area contributed by atoms with Gasteiger partial charge in [0.15, 0.2) is 0 Å². The molecule has 0 unspecified atom stereocenters. The maximum atomic E-state index is 6.24. The number of hydrogen-bond donors (Lipinski definition) is 1. The molecule has 1 aliphatic carbocycles. The highest BCUT2D eigenvalue weighted by molar-refractivity contribution is 6.35. The lowest BCUT2D eigenvalue weighted by Crippen LogP contribution is -2.03. The Balaban J connectivity index is 2.36. The van der Waals surface area contributed by atoms with Gasteiger partial charge in [0.25, 0.3) is 0 Å². The van der Waals surface area contributed by atoms with Crippen molar-refractivity contribution in [3.63, 3.8) is 0 Å². The van der Waals surface area contributed by atoms with Crippen molar-refractivity contribution >= 4 is 28.2 Å². The van der Waals surface area contributed by atoms with Gasteiger partial charge in [-0.25, -0.2) is 0 Å². The van der Waals surface area contributed by atoms with Gasteiger partial charge in [0.1, 0.15) is 0 Å². The lowest BCUT2D eigenvalue weighted by Gasteiger charge is -2.13. The topological polar surface area (TPSA) is 24.9 Å². The van der Waals surface area contributed by atoms with Crippen LogP contribution in [0.2, 0.25) is 5.02 Å². The van der Waals surface area contributed by atoms with E-state index in [0.29, 0.717) is 0 Å². The first-order chi connectivity index (χ1) is 8.31. The average Bonchev–Trinajstić information content (AvgIpc) is 2.78. The van der Waals surface area contributed by atoms with Gasteiger partial charge < -0.3 is 5.32 Å². The number of nitrogens with one attached hydrogen (secondary N) is 1. The van der Waals surface area contributed by atoms with E-state index in [4.69, 9.17) is 16.6 Å². The zero-order valence-corrected chi connectivity index (χ0v) is 10.6. The zero-order chi connectivity index (χ0) is 11.8. The highest BCUT2D eigenvalue weighted by atomic mass is 35.5. The number of nitrogens with zero attached hydrogens (tertiary/aromatic N) is 1. The lowest BCUT2D eigenvalue weighted by atomic mass is 10.1. The van der Waals surface area contributed by atoms with Gasteiger partial charge in [0.05, 0.1) is 10.5 Å². The van der Waals surface area contributed by atoms with Gasteiger partial charge in [-0.1, -0.05) is 23.7 Å². The van der Waals surface area contributed by atoms with Crippen molar-refractivity contribution in [2.75, 3.05) is 11.9 Å². The van der Waals surface area contributed by atoms with Gasteiger partial charge in [-0.2, -0.15) is 0 Å². The van der Waals surface area contributed by atoms with E-state index in [0.717, 1.165) is 35.3 Å². The minimum absolute atomic E-state index is 0.747. The maximum Gasteiger partial charge on any atom is 0.0912 e. The van der Waals surface area contributed by atoms with Crippen LogP contribution in [0.4, 0.5) is 5.69 Å². The molecule has 1 aromatic carbocycles. The van der Waals surface area contributed by atoms with Gasteiger partial charge >= 0.3 is 0 Å². The van der Waals surface area contributed by atoms with Crippen molar-refractivity contribution in [1.29, 1.82) is 0 Å². The quantitative estimate of drug-likeness (QED) is 0.872. The number of halogens is 1. The highest BCUT2D eigenvalue weighted by Crippen LogP contribution is 2.36. The molecular formula is C14H15ClN2. The molecule has 0 saturated heterocycles. The first-order valence-electron chi connectivity index (χ1n) is 6.15. The Morgan fingerprint density at radius 3 is 3.06 bits per heavy atom. The molecule has 0 amide bonds. The molecule has 0 radical (unpaired) electrons. The Bertz CT molecular complexity index is 578. The normalized spacial score (nSPS) is 14.0. The van der Waals surface area contributed by atoms with Gasteiger partial charge in [-0.3, -0.25) is 4.98 Å². The van der Waals surface area contributed by atoms with Gasteiger partial charge in [0.2, 0.25) is 0 Å². The van der Waals surface area contributed by atoms with Crippen LogP contribution < -0.4 is 5.32 Å². The Labute approximate surface area is 106 Å². The molecule has 0 saturated carbocycles. The summed E-state index contributed by atoms with van der Waals surface area (Å²) in [4.78, 5) is 4.73. The van der Waals surface area contributed by atoms with Crippen molar-refractivity contribution in [2.24, 2.45) is 0 Å². The molecule has 0 aliphatic heterocycles. The molecule has 1 aliphatic rings. The number of para-hydroxylation sites is 1. The standard InChI is InChI=1S/C14H15ClN2/c1-2-16-13-9-5-4-8-12(9)17-14-10(13)6-3-7-11(14)15/h3,6-7H,2,4-5,8H2,1H3,(H,16,17). The first kappa shape index (κ1) is 10.8. The third-order valence-electron chi connectivity index (χ3n) is 3.35. The van der Waals surface area contributed by atoms with E-state index in [-0.39, 0.29) is 0 Å². The number of pyridine rings is 1. The van der Waals surface area contributed by atoms with Crippen LogP contribution in [0.1, 0.15) is 24.6 Å². The van der Waals surface area contributed by atoms with Crippen LogP contribution in [0, 0.1) is 0 Å². The fraction of sp³-hybridized carbons (Fsp3) is 0.357. The predicted octanol–water partition coefficient (Wildman–Crippen LogP) is 3.81. The minimum atomic E-state index is 0.747. The first-order valence-corrected chi connectivity index (χ1v) is 6.53. The van der Waals surface area contributed by atoms with Crippen molar-refractivity contribution in [2.45, 2.75) is 26.2 Å². The van der Waals surface area contributed by atoms with Crippen molar-refractivity contribution in [3.8, 4) is 0 Å². The van der Waals surface area contributed by atoms with E-state index in [9.17, 15) is 0 Å². The molecule has 1 N–H and O–H groups in total. The molecule has 1 aromatic heterocycles. The monoisotopic (exact) mass is 246 g/mol. The molecule has 1 heterocycles. The Hall–Kier alpha value is -1.28. The van der Waals surface area contributed by atoms with Crippen LogP contribution in [-0.4, -0.2) is 11.5 Å². The summed E-state index contributed by atoms with van der Waals surface area (Å²) >= 11 is 6.24. The Morgan fingerprint density at radius 2 is 2.24 bits per heavy atom. The molecule has 0 spiro atoms. The highest BCUT2D eigenvalue weighted by Gasteiger charge is 2.19. The summed E-state index contributed by atoms with van der Waals surface area (Å²) in [7, 11) is 0. The lowest BCUT2D eigenvalue weighted by molar-refractivity contribution is 0.901. The van der Waals surface area contributed by atoms with E-state index in [1.54, 1.807) is 0 Å². The van der Waals surface area contributed by atoms with Crippen LogP contribution in [0.25, 0.3) is 10.9 Å². The third kappa shape index (κ3) is 1.67. The van der Waals surface area contributed by atoms with Crippen LogP contribution in [-0.2, 0) is 12.8 Å². The van der Waals surface area contributed by atoms with E-state index >= 15 is 0 Å². The van der Waals surface area contributed by atoms with Crippen LogP contribution in [0.3, 0.4) is 0 Å². The number of aryl methyl sites for hydroxylation is 1. The summed E-state index contributed by atoms with van der Waals surface area (Å²) in [5, 5.41) is 5.38. The number of aromatic nitrogens is 1. The molecular weight excluding hydrogens is 232 g/mol. The summed E-state index contributed by atoms with van der Waals surface area (Å²) < 4.78 is 0. The SMILES string of the molecule is CCNc1c2c(nc3c(Cl)cccc13)CCC2. The summed E-state index contributed by atoms with van der Waals surface area (Å²) in [6.45, 7) is 3.05. The van der Waals surface area contributed by atoms with E-state index < -0.39 is 0 Å².